The SMILES string of the molecule is CC.CCc1cc2c(=O)c(-c3ccc4c(c3)OCO4)c(C(F)(F)F)oc2cc1O. The van der Waals surface area contributed by atoms with Gasteiger partial charge in [0.05, 0.1) is 10.9 Å². The standard InChI is InChI=1S/C19H13F3O5.C2H6/c1-2-9-5-11-14(7-12(9)23)27-18(19(20,21)22)16(17(11)24)10-3-4-13-15(6-10)26-8-25-13;1-2/h3-7,23H,2,8H2,1H3;1-2H3. The van der Waals surface area contributed by atoms with Crippen molar-refractivity contribution in [3.63, 3.8) is 0 Å². The van der Waals surface area contributed by atoms with Gasteiger partial charge in [0.25, 0.3) is 0 Å². The summed E-state index contributed by atoms with van der Waals surface area (Å²) >= 11 is 0. The molecule has 1 N–H and O–H groups in total. The van der Waals surface area contributed by atoms with Gasteiger partial charge in [-0.2, -0.15) is 13.2 Å². The van der Waals surface area contributed by atoms with Crippen molar-refractivity contribution < 1.29 is 32.2 Å². The third-order valence-corrected chi connectivity index (χ3v) is 4.39. The summed E-state index contributed by atoms with van der Waals surface area (Å²) < 4.78 is 56.2. The molecule has 0 amide bonds. The molecule has 0 spiro atoms. The third-order valence-electron chi connectivity index (χ3n) is 4.39. The predicted octanol–water partition coefficient (Wildman–Crippen LogP) is 5.50. The van der Waals surface area contributed by atoms with Crippen LogP contribution >= 0.6 is 0 Å². The highest BCUT2D eigenvalue weighted by Gasteiger charge is 2.39. The highest BCUT2D eigenvalue weighted by Crippen LogP contribution is 2.41. The van der Waals surface area contributed by atoms with E-state index in [9.17, 15) is 23.1 Å². The highest BCUT2D eigenvalue weighted by atomic mass is 19.4. The van der Waals surface area contributed by atoms with Crippen molar-refractivity contribution in [2.45, 2.75) is 33.4 Å². The number of hydrogen-bond acceptors (Lipinski definition) is 5. The maximum atomic E-state index is 13.6. The van der Waals surface area contributed by atoms with Gasteiger partial charge in [-0.3, -0.25) is 4.79 Å². The molecule has 0 atom stereocenters. The highest BCUT2D eigenvalue weighted by molar-refractivity contribution is 5.85. The molecule has 0 saturated carbocycles. The zero-order valence-corrected chi connectivity index (χ0v) is 16.0. The van der Waals surface area contributed by atoms with Crippen LogP contribution in [0.25, 0.3) is 22.1 Å². The van der Waals surface area contributed by atoms with E-state index in [0.29, 0.717) is 17.7 Å². The average molecular weight is 408 g/mol. The van der Waals surface area contributed by atoms with Crippen LogP contribution in [0.1, 0.15) is 32.1 Å². The Morgan fingerprint density at radius 3 is 2.41 bits per heavy atom. The topological polar surface area (TPSA) is 68.9 Å². The second-order valence-electron chi connectivity index (χ2n) is 6.03. The number of fused-ring (bicyclic) bond motifs is 2. The Hall–Kier alpha value is -3.16. The summed E-state index contributed by atoms with van der Waals surface area (Å²) in [5.74, 6) is -1.02. The Bertz CT molecular complexity index is 1120. The lowest BCUT2D eigenvalue weighted by molar-refractivity contribution is -0.152. The van der Waals surface area contributed by atoms with Crippen molar-refractivity contribution in [1.82, 2.24) is 0 Å². The molecule has 1 aliphatic rings. The van der Waals surface area contributed by atoms with Crippen LogP contribution in [-0.2, 0) is 12.6 Å². The molecule has 0 bridgehead atoms. The van der Waals surface area contributed by atoms with Crippen molar-refractivity contribution in [3.8, 4) is 28.4 Å². The molecule has 2 heterocycles. The Labute approximate surface area is 164 Å². The molecular formula is C21H19F3O5. The van der Waals surface area contributed by atoms with Gasteiger partial charge in [-0.15, -0.1) is 0 Å². The molecular weight excluding hydrogens is 389 g/mol. The van der Waals surface area contributed by atoms with Crippen molar-refractivity contribution in [2.24, 2.45) is 0 Å². The van der Waals surface area contributed by atoms with Crippen LogP contribution in [0.3, 0.4) is 0 Å². The first-order valence-corrected chi connectivity index (χ1v) is 9.09. The normalized spacial score (nSPS) is 12.6. The summed E-state index contributed by atoms with van der Waals surface area (Å²) in [6.45, 7) is 5.71. The van der Waals surface area contributed by atoms with Gasteiger partial charge in [-0.05, 0) is 35.7 Å². The Morgan fingerprint density at radius 1 is 1.07 bits per heavy atom. The average Bonchev–Trinajstić information content (AvgIpc) is 3.16. The fourth-order valence-corrected chi connectivity index (χ4v) is 3.07. The van der Waals surface area contributed by atoms with Crippen LogP contribution in [0.4, 0.5) is 13.2 Å². The van der Waals surface area contributed by atoms with Crippen LogP contribution in [0.15, 0.2) is 39.5 Å². The van der Waals surface area contributed by atoms with E-state index < -0.39 is 22.9 Å². The van der Waals surface area contributed by atoms with E-state index in [1.54, 1.807) is 6.92 Å². The summed E-state index contributed by atoms with van der Waals surface area (Å²) in [7, 11) is 0. The number of aryl methyl sites for hydroxylation is 1. The molecule has 5 nitrogen and oxygen atoms in total. The van der Waals surface area contributed by atoms with Gasteiger partial charge in [0.1, 0.15) is 11.3 Å². The number of phenols is 1. The van der Waals surface area contributed by atoms with E-state index in [4.69, 9.17) is 13.9 Å². The summed E-state index contributed by atoms with van der Waals surface area (Å²) in [4.78, 5) is 13.0. The fraction of sp³-hybridized carbons (Fsp3) is 0.286. The molecule has 0 saturated heterocycles. The van der Waals surface area contributed by atoms with Gasteiger partial charge in [-0.25, -0.2) is 0 Å². The number of halogens is 3. The van der Waals surface area contributed by atoms with E-state index in [1.807, 2.05) is 13.8 Å². The summed E-state index contributed by atoms with van der Waals surface area (Å²) in [5, 5.41) is 9.87. The van der Waals surface area contributed by atoms with Crippen molar-refractivity contribution >= 4 is 11.0 Å². The summed E-state index contributed by atoms with van der Waals surface area (Å²) in [6, 6.07) is 6.50. The minimum Gasteiger partial charge on any atom is -0.508 e. The maximum absolute atomic E-state index is 13.6. The number of ether oxygens (including phenoxy) is 2. The van der Waals surface area contributed by atoms with Crippen LogP contribution in [0.5, 0.6) is 17.2 Å². The molecule has 1 aliphatic heterocycles. The number of aromatic hydroxyl groups is 1. The van der Waals surface area contributed by atoms with Gasteiger partial charge in [0.15, 0.2) is 11.5 Å². The first-order valence-electron chi connectivity index (χ1n) is 9.09. The van der Waals surface area contributed by atoms with Crippen molar-refractivity contribution in [3.05, 3.63) is 51.9 Å². The molecule has 8 heteroatoms. The Balaban J connectivity index is 0.00000117. The third kappa shape index (κ3) is 3.62. The summed E-state index contributed by atoms with van der Waals surface area (Å²) in [6.07, 6.45) is -4.50. The Kier molecular flexibility index (Phi) is 5.46. The summed E-state index contributed by atoms with van der Waals surface area (Å²) in [5.41, 5.74) is -1.33. The number of hydrogen-bond donors (Lipinski definition) is 1. The minimum atomic E-state index is -4.90. The molecule has 0 radical (unpaired) electrons. The smallest absolute Gasteiger partial charge is 0.450 e. The van der Waals surface area contributed by atoms with Gasteiger partial charge in [0, 0.05) is 6.07 Å². The molecule has 1 aromatic heterocycles. The second-order valence-corrected chi connectivity index (χ2v) is 6.03. The Morgan fingerprint density at radius 2 is 1.76 bits per heavy atom. The molecule has 0 fully saturated rings. The maximum Gasteiger partial charge on any atom is 0.450 e. The molecule has 0 unspecified atom stereocenters. The predicted molar refractivity (Wildman–Crippen MR) is 101 cm³/mol. The minimum absolute atomic E-state index is 0.00773. The molecule has 154 valence electrons. The molecule has 2 aromatic carbocycles. The molecule has 29 heavy (non-hydrogen) atoms. The van der Waals surface area contributed by atoms with Crippen LogP contribution in [0, 0.1) is 0 Å². The number of phenolic OH excluding ortho intramolecular Hbond substituents is 1. The molecule has 0 aliphatic carbocycles. The van der Waals surface area contributed by atoms with Gasteiger partial charge in [-0.1, -0.05) is 26.8 Å². The number of benzene rings is 2. The first-order chi connectivity index (χ1) is 13.8. The molecule has 3 aromatic rings. The number of rotatable bonds is 2. The lowest BCUT2D eigenvalue weighted by atomic mass is 9.99. The van der Waals surface area contributed by atoms with E-state index in [1.165, 1.54) is 24.3 Å². The monoisotopic (exact) mass is 408 g/mol. The van der Waals surface area contributed by atoms with Crippen LogP contribution in [-0.4, -0.2) is 11.9 Å². The van der Waals surface area contributed by atoms with Gasteiger partial charge < -0.3 is 19.0 Å². The lowest BCUT2D eigenvalue weighted by Crippen LogP contribution is -2.16. The van der Waals surface area contributed by atoms with E-state index in [0.717, 1.165) is 6.07 Å². The quantitative estimate of drug-likeness (QED) is 0.606. The largest absolute Gasteiger partial charge is 0.508 e. The van der Waals surface area contributed by atoms with Gasteiger partial charge in [0.2, 0.25) is 18.0 Å². The van der Waals surface area contributed by atoms with E-state index >= 15 is 0 Å². The van der Waals surface area contributed by atoms with Gasteiger partial charge >= 0.3 is 6.18 Å². The lowest BCUT2D eigenvalue weighted by Gasteiger charge is -2.14. The molecule has 4 rings (SSSR count). The van der Waals surface area contributed by atoms with E-state index in [-0.39, 0.29) is 34.8 Å². The first kappa shape index (κ1) is 20.6. The fourth-order valence-electron chi connectivity index (χ4n) is 3.07. The zero-order valence-electron chi connectivity index (χ0n) is 16.0. The number of alkyl halides is 3. The zero-order chi connectivity index (χ0) is 21.3. The van der Waals surface area contributed by atoms with Crippen molar-refractivity contribution in [1.29, 1.82) is 0 Å². The van der Waals surface area contributed by atoms with E-state index in [2.05, 4.69) is 0 Å². The van der Waals surface area contributed by atoms with Crippen molar-refractivity contribution in [2.75, 3.05) is 6.79 Å². The van der Waals surface area contributed by atoms with Crippen LogP contribution < -0.4 is 14.9 Å². The van der Waals surface area contributed by atoms with Crippen LogP contribution in [0.2, 0.25) is 0 Å². The second kappa shape index (κ2) is 7.69.